The lowest BCUT2D eigenvalue weighted by molar-refractivity contribution is 0.486. The van der Waals surface area contributed by atoms with Crippen LogP contribution >= 0.6 is 0 Å². The molecule has 0 saturated carbocycles. The van der Waals surface area contributed by atoms with Crippen molar-refractivity contribution in [3.05, 3.63) is 146 Å². The molecule has 11 aromatic rings. The van der Waals surface area contributed by atoms with Crippen LogP contribution in [0.3, 0.4) is 0 Å². The lowest BCUT2D eigenvalue weighted by atomic mass is 10.0. The van der Waals surface area contributed by atoms with Gasteiger partial charge in [-0.2, -0.15) is 0 Å². The fourth-order valence-electron chi connectivity index (χ4n) is 8.17. The van der Waals surface area contributed by atoms with Gasteiger partial charge < -0.3 is 13.7 Å². The minimum atomic E-state index is 0.623. The Hall–Kier alpha value is -6.92. The average Bonchev–Trinajstić information content (AvgIpc) is 3.81. The summed E-state index contributed by atoms with van der Waals surface area (Å²) in [5.74, 6) is 2.20. The predicted octanol–water partition coefficient (Wildman–Crippen LogP) is 11.5. The standard InChI is InChI=1S/C44H24N4O2/c1-5-15-34-26(10-1)31-23-32-27-11-2-6-16-35(27)48(44-45-33-14-9-19-40-42(33)43(46-44)30-13-4-8-18-39(30)49-40)37(32)24-36(31)47(34)25-20-21-29-28-12-3-7-17-38(28)50-41(29)22-25/h1-24H. The number of hydrogen-bond donors (Lipinski definition) is 0. The highest BCUT2D eigenvalue weighted by atomic mass is 16.5. The molecule has 5 heterocycles. The molecule has 50 heavy (non-hydrogen) atoms. The zero-order valence-electron chi connectivity index (χ0n) is 26.5. The van der Waals surface area contributed by atoms with Crippen LogP contribution in [0.15, 0.2) is 150 Å². The number of hydrogen-bond acceptors (Lipinski definition) is 4. The molecule has 6 heteroatoms. The van der Waals surface area contributed by atoms with Crippen molar-refractivity contribution in [2.75, 3.05) is 0 Å². The fraction of sp³-hybridized carbons (Fsp3) is 0. The largest absolute Gasteiger partial charge is 0.456 e. The second-order valence-corrected chi connectivity index (χ2v) is 13.0. The average molecular weight is 641 g/mol. The SMILES string of the molecule is c1ccc2c(c1)Oc1cccc3nc(-n4c5ccccc5c5cc6c7ccccc7n(-c7ccc8c(c7)oc7ccccc78)c6cc54)nc-2c13. The molecule has 6 nitrogen and oxygen atoms in total. The number of benzene rings is 7. The van der Waals surface area contributed by atoms with E-state index in [0.29, 0.717) is 5.95 Å². The fourth-order valence-corrected chi connectivity index (χ4v) is 8.17. The van der Waals surface area contributed by atoms with Crippen molar-refractivity contribution in [2.45, 2.75) is 0 Å². The van der Waals surface area contributed by atoms with Gasteiger partial charge >= 0.3 is 0 Å². The Morgan fingerprint density at radius 1 is 0.440 bits per heavy atom. The van der Waals surface area contributed by atoms with Gasteiger partial charge in [0.25, 0.3) is 0 Å². The van der Waals surface area contributed by atoms with E-state index in [4.69, 9.17) is 19.1 Å². The van der Waals surface area contributed by atoms with Crippen LogP contribution in [0.4, 0.5) is 0 Å². The van der Waals surface area contributed by atoms with Crippen LogP contribution in [-0.2, 0) is 0 Å². The van der Waals surface area contributed by atoms with Crippen molar-refractivity contribution in [2.24, 2.45) is 0 Å². The third-order valence-corrected chi connectivity index (χ3v) is 10.3. The Morgan fingerprint density at radius 2 is 1.12 bits per heavy atom. The van der Waals surface area contributed by atoms with Crippen LogP contribution in [0.1, 0.15) is 0 Å². The van der Waals surface area contributed by atoms with Gasteiger partial charge in [-0.3, -0.25) is 4.57 Å². The first-order chi connectivity index (χ1) is 24.8. The molecule has 0 saturated heterocycles. The van der Waals surface area contributed by atoms with E-state index in [2.05, 4.69) is 106 Å². The summed E-state index contributed by atoms with van der Waals surface area (Å²) in [7, 11) is 0. The van der Waals surface area contributed by atoms with Crippen molar-refractivity contribution in [1.82, 2.24) is 19.1 Å². The molecular weight excluding hydrogens is 617 g/mol. The van der Waals surface area contributed by atoms with E-state index in [9.17, 15) is 0 Å². The van der Waals surface area contributed by atoms with E-state index in [1.807, 2.05) is 48.5 Å². The number of rotatable bonds is 2. The van der Waals surface area contributed by atoms with Crippen molar-refractivity contribution < 1.29 is 9.15 Å². The van der Waals surface area contributed by atoms with Crippen LogP contribution in [0.5, 0.6) is 11.5 Å². The third kappa shape index (κ3) is 3.36. The number of furan rings is 1. The van der Waals surface area contributed by atoms with Gasteiger partial charge in [0, 0.05) is 49.6 Å². The van der Waals surface area contributed by atoms with Gasteiger partial charge in [-0.25, -0.2) is 9.97 Å². The highest BCUT2D eigenvalue weighted by molar-refractivity contribution is 6.19. The monoisotopic (exact) mass is 640 g/mol. The lowest BCUT2D eigenvalue weighted by Gasteiger charge is -2.21. The molecule has 0 amide bonds. The molecule has 0 spiro atoms. The zero-order chi connectivity index (χ0) is 32.5. The maximum Gasteiger partial charge on any atom is 0.235 e. The van der Waals surface area contributed by atoms with Crippen LogP contribution in [0.25, 0.3) is 99.3 Å². The van der Waals surface area contributed by atoms with Gasteiger partial charge in [0.1, 0.15) is 22.7 Å². The van der Waals surface area contributed by atoms with Gasteiger partial charge in [-0.05, 0) is 66.7 Å². The van der Waals surface area contributed by atoms with Gasteiger partial charge in [-0.15, -0.1) is 0 Å². The Kier molecular flexibility index (Phi) is 4.89. The van der Waals surface area contributed by atoms with E-state index < -0.39 is 0 Å². The molecule has 4 aromatic heterocycles. The Balaban J connectivity index is 1.19. The van der Waals surface area contributed by atoms with Crippen LogP contribution in [-0.4, -0.2) is 19.1 Å². The summed E-state index contributed by atoms with van der Waals surface area (Å²) in [6, 6.07) is 50.7. The predicted molar refractivity (Wildman–Crippen MR) is 201 cm³/mol. The maximum absolute atomic E-state index is 6.35. The van der Waals surface area contributed by atoms with Crippen molar-refractivity contribution in [1.29, 1.82) is 0 Å². The second kappa shape index (κ2) is 9.36. The lowest BCUT2D eigenvalue weighted by Crippen LogP contribution is -2.06. The normalized spacial score (nSPS) is 12.6. The van der Waals surface area contributed by atoms with E-state index in [-0.39, 0.29) is 0 Å². The summed E-state index contributed by atoms with van der Waals surface area (Å²) in [4.78, 5) is 10.5. The van der Waals surface area contributed by atoms with Gasteiger partial charge in [0.15, 0.2) is 0 Å². The zero-order valence-corrected chi connectivity index (χ0v) is 26.5. The van der Waals surface area contributed by atoms with Crippen molar-refractivity contribution in [3.8, 4) is 34.4 Å². The van der Waals surface area contributed by atoms with E-state index in [0.717, 1.165) is 94.1 Å². The van der Waals surface area contributed by atoms with E-state index in [1.165, 1.54) is 10.8 Å². The number of ether oxygens (including phenoxy) is 1. The van der Waals surface area contributed by atoms with Gasteiger partial charge in [0.05, 0.1) is 38.7 Å². The molecule has 0 unspecified atom stereocenters. The first-order valence-electron chi connectivity index (χ1n) is 16.7. The van der Waals surface area contributed by atoms with Crippen LogP contribution < -0.4 is 4.74 Å². The van der Waals surface area contributed by atoms with Crippen molar-refractivity contribution >= 4 is 76.5 Å². The van der Waals surface area contributed by atoms with E-state index in [1.54, 1.807) is 0 Å². The molecule has 0 aliphatic carbocycles. The number of para-hydroxylation sites is 4. The molecule has 12 rings (SSSR count). The molecule has 0 fully saturated rings. The maximum atomic E-state index is 6.35. The number of nitrogens with zero attached hydrogens (tertiary/aromatic N) is 4. The topological polar surface area (TPSA) is 58.0 Å². The summed E-state index contributed by atoms with van der Waals surface area (Å²) in [6.07, 6.45) is 0. The van der Waals surface area contributed by atoms with Crippen LogP contribution in [0, 0.1) is 0 Å². The molecule has 0 N–H and O–H groups in total. The van der Waals surface area contributed by atoms with Crippen molar-refractivity contribution in [3.63, 3.8) is 0 Å². The van der Waals surface area contributed by atoms with E-state index >= 15 is 0 Å². The minimum Gasteiger partial charge on any atom is -0.456 e. The van der Waals surface area contributed by atoms with Gasteiger partial charge in [-0.1, -0.05) is 72.8 Å². The Morgan fingerprint density at radius 3 is 1.98 bits per heavy atom. The molecule has 1 aliphatic rings. The molecule has 0 atom stereocenters. The first kappa shape index (κ1) is 26.1. The quantitative estimate of drug-likeness (QED) is 0.189. The Labute approximate surface area is 284 Å². The molecule has 0 radical (unpaired) electrons. The minimum absolute atomic E-state index is 0.623. The van der Waals surface area contributed by atoms with Crippen LogP contribution in [0.2, 0.25) is 0 Å². The highest BCUT2D eigenvalue weighted by Gasteiger charge is 2.25. The molecule has 1 aliphatic heterocycles. The van der Waals surface area contributed by atoms with Gasteiger partial charge in [0.2, 0.25) is 5.95 Å². The second-order valence-electron chi connectivity index (χ2n) is 13.0. The summed E-state index contributed by atoms with van der Waals surface area (Å²) in [5, 5.41) is 7.85. The highest BCUT2D eigenvalue weighted by Crippen LogP contribution is 2.46. The number of aromatic nitrogens is 4. The summed E-state index contributed by atoms with van der Waals surface area (Å²) < 4.78 is 17.2. The smallest absolute Gasteiger partial charge is 0.235 e. The Bertz CT molecular complexity index is 3250. The summed E-state index contributed by atoms with van der Waals surface area (Å²) in [5.41, 5.74) is 9.81. The molecule has 0 bridgehead atoms. The molecule has 7 aromatic carbocycles. The molecular formula is C44H24N4O2. The number of fused-ring (bicyclic) bond motifs is 11. The summed E-state index contributed by atoms with van der Waals surface area (Å²) >= 11 is 0. The third-order valence-electron chi connectivity index (χ3n) is 10.3. The molecule has 232 valence electrons. The first-order valence-corrected chi connectivity index (χ1v) is 16.7. The summed E-state index contributed by atoms with van der Waals surface area (Å²) in [6.45, 7) is 0.